The van der Waals surface area contributed by atoms with Crippen LogP contribution < -0.4 is 0 Å². The summed E-state index contributed by atoms with van der Waals surface area (Å²) < 4.78 is 11.9. The molecule has 0 aromatic rings. The molecule has 1 unspecified atom stereocenters. The second-order valence-corrected chi connectivity index (χ2v) is 7.38. The lowest BCUT2D eigenvalue weighted by molar-refractivity contribution is -0.144. The minimum absolute atomic E-state index is 0.298. The molecule has 1 rings (SSSR count). The zero-order valence-electron chi connectivity index (χ0n) is 11.2. The van der Waals surface area contributed by atoms with E-state index in [2.05, 4.69) is 13.8 Å². The second-order valence-electron chi connectivity index (χ2n) is 5.81. The van der Waals surface area contributed by atoms with Gasteiger partial charge in [-0.25, -0.2) is 0 Å². The molecule has 0 aromatic heterocycles. The van der Waals surface area contributed by atoms with E-state index >= 15 is 0 Å². The van der Waals surface area contributed by atoms with Crippen LogP contribution in [0.2, 0.25) is 0 Å². The maximum Gasteiger partial charge on any atom is 0.306 e. The minimum atomic E-state index is -0.997. The van der Waals surface area contributed by atoms with Crippen molar-refractivity contribution in [1.29, 1.82) is 0 Å². The van der Waals surface area contributed by atoms with Gasteiger partial charge >= 0.3 is 5.97 Å². The highest BCUT2D eigenvalue weighted by Crippen LogP contribution is 2.33. The number of carboxylic acids is 1. The van der Waals surface area contributed by atoms with Gasteiger partial charge in [0, 0.05) is 16.6 Å². The third-order valence-electron chi connectivity index (χ3n) is 3.62. The molecule has 1 fully saturated rings. The van der Waals surface area contributed by atoms with Crippen molar-refractivity contribution in [3.8, 4) is 0 Å². The van der Waals surface area contributed by atoms with Crippen LogP contribution >= 0.6 is 0 Å². The van der Waals surface area contributed by atoms with E-state index in [-0.39, 0.29) is 5.92 Å². The van der Waals surface area contributed by atoms with Gasteiger partial charge in [-0.3, -0.25) is 9.00 Å². The lowest BCUT2D eigenvalue weighted by Gasteiger charge is -2.34. The summed E-state index contributed by atoms with van der Waals surface area (Å²) in [6.07, 6.45) is 2.80. The van der Waals surface area contributed by atoms with Crippen LogP contribution in [0.15, 0.2) is 0 Å². The Labute approximate surface area is 111 Å². The number of carbonyl (C=O) groups is 1. The van der Waals surface area contributed by atoms with E-state index in [0.29, 0.717) is 43.1 Å². The first-order valence-corrected chi connectivity index (χ1v) is 8.11. The van der Waals surface area contributed by atoms with Gasteiger partial charge in [0.05, 0.1) is 17.3 Å². The van der Waals surface area contributed by atoms with Gasteiger partial charge in [0.1, 0.15) is 0 Å². The normalized spacial score (nSPS) is 30.3. The van der Waals surface area contributed by atoms with Crippen LogP contribution in [-0.2, 0) is 15.6 Å². The molecule has 5 heteroatoms. The number of aliphatic hydroxyl groups is 1. The Hall–Kier alpha value is -0.420. The topological polar surface area (TPSA) is 74.6 Å². The van der Waals surface area contributed by atoms with E-state index in [1.54, 1.807) is 0 Å². The Morgan fingerprint density at radius 1 is 1.39 bits per heavy atom. The van der Waals surface area contributed by atoms with Crippen molar-refractivity contribution in [2.24, 2.45) is 11.8 Å². The zero-order valence-corrected chi connectivity index (χ0v) is 12.0. The van der Waals surface area contributed by atoms with Crippen LogP contribution in [0.25, 0.3) is 0 Å². The fraction of sp³-hybridized carbons (Fsp3) is 0.923. The van der Waals surface area contributed by atoms with E-state index < -0.39 is 22.4 Å². The van der Waals surface area contributed by atoms with Crippen molar-refractivity contribution in [3.05, 3.63) is 0 Å². The van der Waals surface area contributed by atoms with E-state index in [4.69, 9.17) is 5.11 Å². The Bertz CT molecular complexity index is 306. The van der Waals surface area contributed by atoms with E-state index in [9.17, 15) is 14.1 Å². The van der Waals surface area contributed by atoms with Crippen molar-refractivity contribution in [2.75, 3.05) is 11.5 Å². The number of rotatable bonds is 6. The van der Waals surface area contributed by atoms with E-state index in [0.717, 1.165) is 6.42 Å². The highest BCUT2D eigenvalue weighted by molar-refractivity contribution is 7.85. The van der Waals surface area contributed by atoms with Gasteiger partial charge in [0.25, 0.3) is 0 Å². The van der Waals surface area contributed by atoms with Crippen molar-refractivity contribution >= 4 is 16.8 Å². The third-order valence-corrected chi connectivity index (χ3v) is 5.17. The summed E-state index contributed by atoms with van der Waals surface area (Å²) in [6, 6.07) is 0. The molecule has 0 radical (unpaired) electrons. The van der Waals surface area contributed by atoms with Gasteiger partial charge in [0.2, 0.25) is 0 Å². The molecule has 1 saturated carbocycles. The average Bonchev–Trinajstić information content (AvgIpc) is 2.26. The van der Waals surface area contributed by atoms with Crippen molar-refractivity contribution in [3.63, 3.8) is 0 Å². The summed E-state index contributed by atoms with van der Waals surface area (Å²) in [5.41, 5.74) is -0.909. The highest BCUT2D eigenvalue weighted by atomic mass is 32.2. The number of aliphatic carboxylic acids is 1. The fourth-order valence-corrected chi connectivity index (χ4v) is 4.05. The van der Waals surface area contributed by atoms with Crippen molar-refractivity contribution in [1.82, 2.24) is 0 Å². The summed E-state index contributed by atoms with van der Waals surface area (Å²) in [5, 5.41) is 19.2. The Morgan fingerprint density at radius 3 is 2.39 bits per heavy atom. The summed E-state index contributed by atoms with van der Waals surface area (Å²) in [4.78, 5) is 10.8. The molecular weight excluding hydrogens is 252 g/mol. The van der Waals surface area contributed by atoms with Crippen LogP contribution in [0.1, 0.15) is 46.0 Å². The second kappa shape index (κ2) is 6.66. The number of carboxylic acid groups (broad SMARTS) is 1. The lowest BCUT2D eigenvalue weighted by atomic mass is 9.80. The molecule has 0 amide bonds. The van der Waals surface area contributed by atoms with Gasteiger partial charge in [-0.05, 0) is 38.0 Å². The Balaban J connectivity index is 2.38. The van der Waals surface area contributed by atoms with Gasteiger partial charge in [0.15, 0.2) is 0 Å². The van der Waals surface area contributed by atoms with Crippen molar-refractivity contribution < 1.29 is 19.2 Å². The SMILES string of the molecule is CC(C)CCS(=O)CC1(O)CCC(C(=O)O)CC1. The molecule has 106 valence electrons. The molecule has 0 bridgehead atoms. The number of hydrogen-bond acceptors (Lipinski definition) is 3. The van der Waals surface area contributed by atoms with Gasteiger partial charge in [-0.1, -0.05) is 13.8 Å². The smallest absolute Gasteiger partial charge is 0.306 e. The number of hydrogen-bond donors (Lipinski definition) is 2. The maximum absolute atomic E-state index is 11.9. The predicted octanol–water partition coefficient (Wildman–Crippen LogP) is 1.79. The summed E-state index contributed by atoms with van der Waals surface area (Å²) in [7, 11) is -0.997. The quantitative estimate of drug-likeness (QED) is 0.775. The maximum atomic E-state index is 11.9. The van der Waals surface area contributed by atoms with E-state index in [1.807, 2.05) is 0 Å². The standard InChI is InChI=1S/C13H24O4S/c1-10(2)5-8-18(17)9-13(16)6-3-11(4-7-13)12(14)15/h10-11,16H,3-9H2,1-2H3,(H,14,15). The first-order valence-electron chi connectivity index (χ1n) is 6.62. The Morgan fingerprint density at radius 2 is 1.94 bits per heavy atom. The molecule has 1 atom stereocenters. The summed E-state index contributed by atoms with van der Waals surface area (Å²) >= 11 is 0. The molecule has 0 heterocycles. The Kier molecular flexibility index (Phi) is 5.79. The fourth-order valence-electron chi connectivity index (χ4n) is 2.29. The van der Waals surface area contributed by atoms with Crippen LogP contribution in [0.4, 0.5) is 0 Å². The van der Waals surface area contributed by atoms with Crippen LogP contribution in [0.3, 0.4) is 0 Å². The third kappa shape index (κ3) is 5.06. The minimum Gasteiger partial charge on any atom is -0.481 e. The van der Waals surface area contributed by atoms with Gasteiger partial charge in [-0.15, -0.1) is 0 Å². The first-order chi connectivity index (χ1) is 8.32. The molecule has 4 nitrogen and oxygen atoms in total. The monoisotopic (exact) mass is 276 g/mol. The average molecular weight is 276 g/mol. The van der Waals surface area contributed by atoms with E-state index in [1.165, 1.54) is 0 Å². The largest absolute Gasteiger partial charge is 0.481 e. The van der Waals surface area contributed by atoms with Crippen LogP contribution in [-0.4, -0.2) is 37.5 Å². The summed E-state index contributed by atoms with van der Waals surface area (Å²) in [6.45, 7) is 4.17. The lowest BCUT2D eigenvalue weighted by Crippen LogP contribution is -2.41. The molecule has 18 heavy (non-hydrogen) atoms. The zero-order chi connectivity index (χ0) is 13.8. The molecule has 0 aliphatic heterocycles. The van der Waals surface area contributed by atoms with Gasteiger partial charge < -0.3 is 10.2 Å². The summed E-state index contributed by atoms with van der Waals surface area (Å²) in [5.74, 6) is 0.327. The molecule has 1 aliphatic rings. The molecular formula is C13H24O4S. The van der Waals surface area contributed by atoms with Crippen molar-refractivity contribution in [2.45, 2.75) is 51.6 Å². The molecule has 0 saturated heterocycles. The highest BCUT2D eigenvalue weighted by Gasteiger charge is 2.36. The molecule has 1 aliphatic carbocycles. The first kappa shape index (κ1) is 15.6. The molecule has 0 spiro atoms. The van der Waals surface area contributed by atoms with Crippen LogP contribution in [0, 0.1) is 11.8 Å². The molecule has 2 N–H and O–H groups in total. The predicted molar refractivity (Wildman–Crippen MR) is 71.9 cm³/mol. The van der Waals surface area contributed by atoms with Gasteiger partial charge in [-0.2, -0.15) is 0 Å². The molecule has 0 aromatic carbocycles. The van der Waals surface area contributed by atoms with Crippen LogP contribution in [0.5, 0.6) is 0 Å².